The van der Waals surface area contributed by atoms with Gasteiger partial charge in [0.05, 0.1) is 18.9 Å². The zero-order valence-electron chi connectivity index (χ0n) is 24.0. The van der Waals surface area contributed by atoms with Crippen LogP contribution in [0, 0.1) is 5.41 Å². The highest BCUT2D eigenvalue weighted by Crippen LogP contribution is 2.38. The number of unbranched alkanes of at least 4 members (excludes halogenated alkanes) is 4. The van der Waals surface area contributed by atoms with E-state index in [2.05, 4.69) is 46.1 Å². The van der Waals surface area contributed by atoms with Crippen molar-refractivity contribution in [1.82, 2.24) is 9.88 Å². The molecule has 0 radical (unpaired) electrons. The number of nitrogens with one attached hydrogen (secondary N) is 3. The number of hydrogen-bond donors (Lipinski definition) is 4. The molecular weight excluding hydrogens is 502 g/mol. The van der Waals surface area contributed by atoms with Crippen molar-refractivity contribution in [3.8, 4) is 17.2 Å². The molecule has 0 unspecified atom stereocenters. The van der Waals surface area contributed by atoms with Crippen LogP contribution in [-0.2, 0) is 6.54 Å². The van der Waals surface area contributed by atoms with Crippen LogP contribution in [-0.4, -0.2) is 60.2 Å². The molecule has 0 spiro atoms. The monoisotopic (exact) mass is 547 g/mol. The van der Waals surface area contributed by atoms with Crippen molar-refractivity contribution in [3.05, 3.63) is 66.0 Å². The molecule has 1 aliphatic heterocycles. The van der Waals surface area contributed by atoms with Crippen molar-refractivity contribution < 1.29 is 14.6 Å². The third-order valence-electron chi connectivity index (χ3n) is 7.26. The van der Waals surface area contributed by atoms with E-state index in [9.17, 15) is 5.11 Å². The first-order valence-electron chi connectivity index (χ1n) is 14.8. The predicted molar refractivity (Wildman–Crippen MR) is 163 cm³/mol. The van der Waals surface area contributed by atoms with Gasteiger partial charge in [0.15, 0.2) is 11.5 Å². The van der Waals surface area contributed by atoms with Crippen LogP contribution >= 0.6 is 0 Å². The summed E-state index contributed by atoms with van der Waals surface area (Å²) in [6.45, 7) is 10.1. The van der Waals surface area contributed by atoms with E-state index in [-0.39, 0.29) is 5.75 Å². The number of nitrogens with zero attached hydrogens (tertiary/aromatic N) is 2. The Kier molecular flexibility index (Phi) is 11.2. The summed E-state index contributed by atoms with van der Waals surface area (Å²) in [5.74, 6) is 1.51. The molecule has 0 saturated carbocycles. The highest BCUT2D eigenvalue weighted by molar-refractivity contribution is 6.04. The van der Waals surface area contributed by atoms with E-state index in [1.807, 2.05) is 42.6 Å². The Balaban J connectivity index is 1.33. The Morgan fingerprint density at radius 1 is 0.900 bits per heavy atom. The van der Waals surface area contributed by atoms with E-state index in [1.165, 1.54) is 5.69 Å². The van der Waals surface area contributed by atoms with Crippen LogP contribution in [0.1, 0.15) is 63.6 Å². The number of phenolic OH excluding ortho intramolecular Hbond substituents is 1. The molecule has 0 amide bonds. The van der Waals surface area contributed by atoms with Gasteiger partial charge in [-0.15, -0.1) is 0 Å². The number of aromatic hydroxyl groups is 1. The van der Waals surface area contributed by atoms with E-state index in [1.54, 1.807) is 0 Å². The van der Waals surface area contributed by atoms with Crippen LogP contribution < -0.4 is 19.7 Å². The summed E-state index contributed by atoms with van der Waals surface area (Å²) in [7, 11) is 0. The second-order valence-corrected chi connectivity index (χ2v) is 10.4. The van der Waals surface area contributed by atoms with E-state index < -0.39 is 0 Å². The summed E-state index contributed by atoms with van der Waals surface area (Å²) in [6.07, 6.45) is 8.25. The molecule has 0 aliphatic carbocycles. The zero-order chi connectivity index (χ0) is 28.2. The lowest BCUT2D eigenvalue weighted by Gasteiger charge is -2.36. The van der Waals surface area contributed by atoms with Gasteiger partial charge in [-0.2, -0.15) is 0 Å². The number of benzene rings is 2. The van der Waals surface area contributed by atoms with Gasteiger partial charge in [0.25, 0.3) is 0 Å². The van der Waals surface area contributed by atoms with E-state index in [4.69, 9.17) is 14.9 Å². The van der Waals surface area contributed by atoms with Gasteiger partial charge in [-0.05, 0) is 66.9 Å². The number of rotatable bonds is 15. The summed E-state index contributed by atoms with van der Waals surface area (Å²) in [6, 6.07) is 16.0. The molecule has 40 heavy (non-hydrogen) atoms. The maximum absolute atomic E-state index is 10.8. The van der Waals surface area contributed by atoms with Crippen LogP contribution in [0.3, 0.4) is 0 Å². The number of piperazine rings is 1. The molecule has 8 nitrogen and oxygen atoms in total. The van der Waals surface area contributed by atoms with Gasteiger partial charge in [-0.3, -0.25) is 10.3 Å². The van der Waals surface area contributed by atoms with Crippen LogP contribution in [0.15, 0.2) is 54.7 Å². The molecule has 0 bridgehead atoms. The normalized spacial score (nSPS) is 13.8. The molecule has 4 rings (SSSR count). The molecule has 8 heteroatoms. The van der Waals surface area contributed by atoms with Gasteiger partial charge in [0.1, 0.15) is 5.84 Å². The second-order valence-electron chi connectivity index (χ2n) is 10.4. The van der Waals surface area contributed by atoms with E-state index in [0.717, 1.165) is 88.2 Å². The fourth-order valence-electron chi connectivity index (χ4n) is 4.89. The number of ether oxygens (including phenoxy) is 2. The van der Waals surface area contributed by atoms with Gasteiger partial charge < -0.3 is 29.8 Å². The smallest absolute Gasteiger partial charge is 0.200 e. The minimum atomic E-state index is 0.113. The molecule has 216 valence electrons. The first kappa shape index (κ1) is 29.3. The lowest BCUT2D eigenvalue weighted by atomic mass is 10.1. The molecular formula is C32H45N5O3. The molecule has 0 atom stereocenters. The van der Waals surface area contributed by atoms with Crippen molar-refractivity contribution >= 4 is 17.2 Å². The predicted octanol–water partition coefficient (Wildman–Crippen LogP) is 6.62. The van der Waals surface area contributed by atoms with Crippen LogP contribution in [0.2, 0.25) is 0 Å². The van der Waals surface area contributed by atoms with Crippen LogP contribution in [0.25, 0.3) is 0 Å². The number of amidine groups is 1. The summed E-state index contributed by atoms with van der Waals surface area (Å²) >= 11 is 0. The van der Waals surface area contributed by atoms with Crippen molar-refractivity contribution in [2.75, 3.05) is 49.6 Å². The highest BCUT2D eigenvalue weighted by atomic mass is 16.5. The van der Waals surface area contributed by atoms with Gasteiger partial charge in [-0.25, -0.2) is 0 Å². The third-order valence-corrected chi connectivity index (χ3v) is 7.26. The maximum atomic E-state index is 10.8. The molecule has 3 aromatic rings. The van der Waals surface area contributed by atoms with E-state index in [0.29, 0.717) is 30.5 Å². The first-order valence-corrected chi connectivity index (χ1v) is 14.8. The number of phenols is 1. The minimum absolute atomic E-state index is 0.113. The fraction of sp³-hybridized carbons (Fsp3) is 0.469. The Morgan fingerprint density at radius 2 is 1.52 bits per heavy atom. The van der Waals surface area contributed by atoms with Gasteiger partial charge in [0, 0.05) is 50.3 Å². The maximum Gasteiger partial charge on any atom is 0.200 e. The Bertz CT molecular complexity index is 1140. The zero-order valence-corrected chi connectivity index (χ0v) is 24.0. The molecule has 4 N–H and O–H groups in total. The molecule has 2 aromatic carbocycles. The molecule has 1 aromatic heterocycles. The van der Waals surface area contributed by atoms with Gasteiger partial charge in [-0.1, -0.05) is 39.5 Å². The second kappa shape index (κ2) is 15.2. The summed E-state index contributed by atoms with van der Waals surface area (Å²) in [4.78, 5) is 7.89. The van der Waals surface area contributed by atoms with Crippen molar-refractivity contribution in [2.24, 2.45) is 0 Å². The van der Waals surface area contributed by atoms with Crippen molar-refractivity contribution in [3.63, 3.8) is 0 Å². The Morgan fingerprint density at radius 3 is 2.08 bits per heavy atom. The fourth-order valence-corrected chi connectivity index (χ4v) is 4.89. The Hall–Kier alpha value is -3.65. The third kappa shape index (κ3) is 8.42. The number of H-pyrrole nitrogens is 1. The van der Waals surface area contributed by atoms with Gasteiger partial charge >= 0.3 is 0 Å². The summed E-state index contributed by atoms with van der Waals surface area (Å²) in [5, 5.41) is 22.2. The number of anilines is 2. The molecule has 1 aliphatic rings. The first-order chi connectivity index (χ1) is 19.6. The number of aromatic nitrogens is 1. The van der Waals surface area contributed by atoms with Crippen molar-refractivity contribution in [1.29, 1.82) is 5.41 Å². The Labute approximate surface area is 238 Å². The van der Waals surface area contributed by atoms with Crippen LogP contribution in [0.5, 0.6) is 17.2 Å². The largest absolute Gasteiger partial charge is 0.502 e. The SMILES string of the molecule is CCCCCOc1cc(CN2CCN(c3ccc(NC(=N)c4ccc[nH]4)cc3)CC2)cc(OCCCCC)c1O. The molecule has 1 fully saturated rings. The van der Waals surface area contributed by atoms with Crippen LogP contribution in [0.4, 0.5) is 11.4 Å². The summed E-state index contributed by atoms with van der Waals surface area (Å²) in [5.41, 5.74) is 3.95. The average Bonchev–Trinajstić information content (AvgIpc) is 3.52. The topological polar surface area (TPSA) is 96.8 Å². The van der Waals surface area contributed by atoms with E-state index >= 15 is 0 Å². The molecule has 2 heterocycles. The van der Waals surface area contributed by atoms with Gasteiger partial charge in [0.2, 0.25) is 5.75 Å². The highest BCUT2D eigenvalue weighted by Gasteiger charge is 2.20. The van der Waals surface area contributed by atoms with Crippen molar-refractivity contribution in [2.45, 2.75) is 58.9 Å². The average molecular weight is 548 g/mol. The number of hydrogen-bond acceptors (Lipinski definition) is 6. The standard InChI is InChI=1S/C32H45N5O3/c1-3-5-7-20-39-29-22-25(23-30(31(29)38)40-21-8-6-4-2)24-36-16-18-37(19-17-36)27-13-11-26(12-14-27)35-32(33)28-10-9-15-34-28/h9-15,22-23,34,38H,3-8,16-21,24H2,1-2H3,(H2,33,35). The quantitative estimate of drug-likeness (QED) is 0.0970. The lowest BCUT2D eigenvalue weighted by molar-refractivity contribution is 0.244. The minimum Gasteiger partial charge on any atom is -0.502 e. The lowest BCUT2D eigenvalue weighted by Crippen LogP contribution is -2.45. The molecule has 1 saturated heterocycles. The summed E-state index contributed by atoms with van der Waals surface area (Å²) < 4.78 is 12.0. The number of aromatic amines is 1.